The second-order valence-electron chi connectivity index (χ2n) is 5.90. The predicted octanol–water partition coefficient (Wildman–Crippen LogP) is 2.03. The van der Waals surface area contributed by atoms with Crippen molar-refractivity contribution in [1.29, 1.82) is 5.26 Å². The largest absolute Gasteiger partial charge is 0.506 e. The van der Waals surface area contributed by atoms with Gasteiger partial charge in [-0.15, -0.1) is 0 Å². The number of phenols is 1. The number of aliphatic hydroxyl groups is 1. The van der Waals surface area contributed by atoms with E-state index < -0.39 is 33.6 Å². The Labute approximate surface area is 171 Å². The quantitative estimate of drug-likeness (QED) is 0.217. The van der Waals surface area contributed by atoms with Crippen LogP contribution in [0.15, 0.2) is 42.2 Å². The van der Waals surface area contributed by atoms with Crippen molar-refractivity contribution >= 4 is 17.4 Å². The van der Waals surface area contributed by atoms with E-state index >= 15 is 0 Å². The van der Waals surface area contributed by atoms with Crippen LogP contribution in [0.2, 0.25) is 0 Å². The molecule has 0 saturated heterocycles. The van der Waals surface area contributed by atoms with Crippen molar-refractivity contribution in [3.05, 3.63) is 57.9 Å². The number of carbonyl (C=O) groups excluding carboxylic acids is 1. The van der Waals surface area contributed by atoms with Crippen LogP contribution in [0.1, 0.15) is 5.56 Å². The number of benzene rings is 1. The van der Waals surface area contributed by atoms with Gasteiger partial charge in [-0.2, -0.15) is 5.26 Å². The maximum Gasteiger partial charge on any atom is 0.315 e. The van der Waals surface area contributed by atoms with Gasteiger partial charge in [-0.3, -0.25) is 19.9 Å². The van der Waals surface area contributed by atoms with Gasteiger partial charge < -0.3 is 24.6 Å². The maximum absolute atomic E-state index is 12.6. The summed E-state index contributed by atoms with van der Waals surface area (Å²) in [7, 11) is 2.56. The number of hydrogen-bond acceptors (Lipinski definition) is 9. The minimum atomic E-state index is -0.885. The zero-order chi connectivity index (χ0) is 22.3. The van der Waals surface area contributed by atoms with E-state index in [1.807, 2.05) is 0 Å². The summed E-state index contributed by atoms with van der Waals surface area (Å²) in [6.45, 7) is 0.192. The molecule has 2 aromatic rings. The molecule has 2 N–H and O–H groups in total. The van der Waals surface area contributed by atoms with Crippen LogP contribution in [0.3, 0.4) is 0 Å². The summed E-state index contributed by atoms with van der Waals surface area (Å²) >= 11 is 0. The zero-order valence-corrected chi connectivity index (χ0v) is 16.1. The fourth-order valence-corrected chi connectivity index (χ4v) is 2.40. The lowest BCUT2D eigenvalue weighted by Crippen LogP contribution is -2.32. The van der Waals surface area contributed by atoms with Crippen LogP contribution in [0, 0.1) is 21.4 Å². The Balaban J connectivity index is 2.25. The van der Waals surface area contributed by atoms with Crippen LogP contribution in [0.5, 0.6) is 17.2 Å². The molecule has 0 unspecified atom stereocenters. The molecule has 1 aromatic carbocycles. The van der Waals surface area contributed by atoms with Gasteiger partial charge in [-0.1, -0.05) is 0 Å². The number of hydrogen-bond donors (Lipinski definition) is 2. The number of phenolic OH excluding ortho intramolecular Hbond substituents is 1. The van der Waals surface area contributed by atoms with E-state index in [-0.39, 0.29) is 24.5 Å². The third kappa shape index (κ3) is 4.93. The fourth-order valence-electron chi connectivity index (χ4n) is 2.40. The van der Waals surface area contributed by atoms with Crippen molar-refractivity contribution in [3.63, 3.8) is 0 Å². The van der Waals surface area contributed by atoms with Gasteiger partial charge >= 0.3 is 5.69 Å². The highest BCUT2D eigenvalue weighted by Crippen LogP contribution is 2.38. The third-order valence-corrected chi connectivity index (χ3v) is 3.98. The molecule has 156 valence electrons. The van der Waals surface area contributed by atoms with Gasteiger partial charge in [0.25, 0.3) is 5.91 Å². The Morgan fingerprint density at radius 3 is 2.73 bits per heavy atom. The average Bonchev–Trinajstić information content (AvgIpc) is 2.74. The Kier molecular flexibility index (Phi) is 7.13. The number of aliphatic hydroxyl groups excluding tert-OH is 1. The number of pyridine rings is 1. The predicted molar refractivity (Wildman–Crippen MR) is 104 cm³/mol. The minimum absolute atomic E-state index is 0.0885. The average molecular weight is 414 g/mol. The number of aromatic nitrogens is 1. The van der Waals surface area contributed by atoms with E-state index in [9.17, 15) is 30.4 Å². The molecule has 2 rings (SSSR count). The number of amides is 1. The van der Waals surface area contributed by atoms with Crippen molar-refractivity contribution in [2.24, 2.45) is 0 Å². The number of methoxy groups -OCH3 is 1. The molecule has 1 aromatic heterocycles. The molecule has 0 atom stereocenters. The Hall–Kier alpha value is -4.33. The van der Waals surface area contributed by atoms with Crippen LogP contribution in [0.4, 0.5) is 5.69 Å². The van der Waals surface area contributed by atoms with Crippen LogP contribution in [0.25, 0.3) is 5.76 Å². The zero-order valence-electron chi connectivity index (χ0n) is 16.1. The number of likely N-dealkylation sites (N-methyl/N-ethyl adjacent to an activating group) is 1. The van der Waals surface area contributed by atoms with Gasteiger partial charge in [0.15, 0.2) is 11.3 Å². The minimum Gasteiger partial charge on any atom is -0.506 e. The summed E-state index contributed by atoms with van der Waals surface area (Å²) in [5.74, 6) is -2.15. The van der Waals surface area contributed by atoms with Crippen LogP contribution in [-0.4, -0.2) is 58.2 Å². The van der Waals surface area contributed by atoms with Gasteiger partial charge in [0.1, 0.15) is 24.2 Å². The van der Waals surface area contributed by atoms with E-state index in [1.54, 1.807) is 24.4 Å². The van der Waals surface area contributed by atoms with E-state index in [4.69, 9.17) is 9.47 Å². The van der Waals surface area contributed by atoms with Gasteiger partial charge in [-0.25, -0.2) is 0 Å². The van der Waals surface area contributed by atoms with E-state index in [1.165, 1.54) is 13.2 Å². The van der Waals surface area contributed by atoms with Crippen molar-refractivity contribution in [1.82, 2.24) is 9.88 Å². The standard InChI is InChI=1S/C19H18N4O7/c1-22(6-7-30-13-4-3-5-21-11-13)19(26)14(10-20)17(24)12-8-15(23(27)28)18(25)16(9-12)29-2/h3-5,8-9,11,24-25H,6-7H2,1-2H3/b17-14-. The van der Waals surface area contributed by atoms with Crippen molar-refractivity contribution < 1.29 is 29.4 Å². The summed E-state index contributed by atoms with van der Waals surface area (Å²) in [5, 5.41) is 40.7. The molecule has 1 heterocycles. The summed E-state index contributed by atoms with van der Waals surface area (Å²) in [6.07, 6.45) is 3.08. The summed E-state index contributed by atoms with van der Waals surface area (Å²) in [4.78, 5) is 27.8. The first-order valence-corrected chi connectivity index (χ1v) is 8.47. The summed E-state index contributed by atoms with van der Waals surface area (Å²) in [6, 6.07) is 6.89. The van der Waals surface area contributed by atoms with Crippen molar-refractivity contribution in [3.8, 4) is 23.3 Å². The number of nitro groups is 1. The van der Waals surface area contributed by atoms with Gasteiger partial charge in [0.2, 0.25) is 5.75 Å². The lowest BCUT2D eigenvalue weighted by Gasteiger charge is -2.17. The maximum atomic E-state index is 12.6. The highest BCUT2D eigenvalue weighted by molar-refractivity contribution is 6.03. The molecule has 1 amide bonds. The Morgan fingerprint density at radius 2 is 2.17 bits per heavy atom. The first-order valence-electron chi connectivity index (χ1n) is 8.47. The topological polar surface area (TPSA) is 159 Å². The Bertz CT molecular complexity index is 1020. The molecule has 0 spiro atoms. The molecule has 0 fully saturated rings. The fraction of sp³-hybridized carbons (Fsp3) is 0.211. The van der Waals surface area contributed by atoms with Crippen molar-refractivity contribution in [2.75, 3.05) is 27.3 Å². The smallest absolute Gasteiger partial charge is 0.315 e. The van der Waals surface area contributed by atoms with Gasteiger partial charge in [0, 0.05) is 24.9 Å². The van der Waals surface area contributed by atoms with E-state index in [0.29, 0.717) is 5.75 Å². The second-order valence-corrected chi connectivity index (χ2v) is 5.90. The highest BCUT2D eigenvalue weighted by Gasteiger charge is 2.25. The Morgan fingerprint density at radius 1 is 1.43 bits per heavy atom. The molecule has 30 heavy (non-hydrogen) atoms. The molecular weight excluding hydrogens is 396 g/mol. The number of aromatic hydroxyl groups is 1. The molecular formula is C19H18N4O7. The number of nitrogens with zero attached hydrogens (tertiary/aromatic N) is 4. The van der Waals surface area contributed by atoms with Crippen LogP contribution < -0.4 is 9.47 Å². The highest BCUT2D eigenvalue weighted by atomic mass is 16.6. The second kappa shape index (κ2) is 9.74. The SMILES string of the molecule is COc1cc(/C(O)=C(\C#N)C(=O)N(C)CCOc2cccnc2)cc([N+](=O)[O-])c1O. The molecule has 0 radical (unpaired) electrons. The normalized spacial score (nSPS) is 11.1. The van der Waals surface area contributed by atoms with E-state index in [0.717, 1.165) is 24.1 Å². The van der Waals surface area contributed by atoms with Crippen molar-refractivity contribution in [2.45, 2.75) is 0 Å². The number of nitriles is 1. The number of rotatable bonds is 8. The molecule has 0 aliphatic heterocycles. The summed E-state index contributed by atoms with van der Waals surface area (Å²) < 4.78 is 10.3. The van der Waals surface area contributed by atoms with Gasteiger partial charge in [0.05, 0.1) is 24.8 Å². The molecule has 0 aliphatic rings. The number of ether oxygens (including phenoxy) is 2. The number of carbonyl (C=O) groups is 1. The summed E-state index contributed by atoms with van der Waals surface area (Å²) in [5.41, 5.74) is -1.62. The first-order chi connectivity index (χ1) is 14.3. The first kappa shape index (κ1) is 22.0. The number of nitro benzene ring substituents is 1. The van der Waals surface area contributed by atoms with Crippen LogP contribution in [-0.2, 0) is 4.79 Å². The lowest BCUT2D eigenvalue weighted by atomic mass is 10.1. The molecule has 0 saturated carbocycles. The monoisotopic (exact) mass is 414 g/mol. The van der Waals surface area contributed by atoms with Crippen LogP contribution >= 0.6 is 0 Å². The molecule has 0 aliphatic carbocycles. The van der Waals surface area contributed by atoms with Gasteiger partial charge in [-0.05, 0) is 18.2 Å². The lowest BCUT2D eigenvalue weighted by molar-refractivity contribution is -0.386. The molecule has 0 bridgehead atoms. The molecule has 11 nitrogen and oxygen atoms in total. The van der Waals surface area contributed by atoms with E-state index in [2.05, 4.69) is 4.98 Å². The molecule has 11 heteroatoms. The third-order valence-electron chi connectivity index (χ3n) is 3.98.